The van der Waals surface area contributed by atoms with E-state index >= 15 is 0 Å². The summed E-state index contributed by atoms with van der Waals surface area (Å²) in [5.74, 6) is 6.18. The number of aryl methyl sites for hydroxylation is 1. The van der Waals surface area contributed by atoms with Gasteiger partial charge in [0.2, 0.25) is 0 Å². The Hall–Kier alpha value is -1.91. The van der Waals surface area contributed by atoms with E-state index in [2.05, 4.69) is 41.6 Å². The van der Waals surface area contributed by atoms with Crippen LogP contribution in [-0.4, -0.2) is 11.0 Å². The summed E-state index contributed by atoms with van der Waals surface area (Å²) in [4.78, 5) is 3.99. The van der Waals surface area contributed by atoms with Crippen LogP contribution in [0.3, 0.4) is 0 Å². The molecule has 0 aliphatic heterocycles. The van der Waals surface area contributed by atoms with Gasteiger partial charge in [0.15, 0.2) is 0 Å². The van der Waals surface area contributed by atoms with E-state index < -0.39 is 0 Å². The summed E-state index contributed by atoms with van der Waals surface area (Å²) in [7, 11) is 0. The number of anilines is 1. The smallest absolute Gasteiger partial charge is 0.123 e. The molecule has 100 valence electrons. The van der Waals surface area contributed by atoms with Gasteiger partial charge in [-0.15, -0.1) is 0 Å². The molecule has 0 bridgehead atoms. The standard InChI is InChI=1S/C15H20N4/c1-11-2-4-12(5-3-11)8-14(19-17)9-13-6-7-18-15(16)10-13/h2-7,10,14,19H,8-9,17H2,1H3,(H2,16,18). The van der Waals surface area contributed by atoms with Crippen molar-refractivity contribution in [3.05, 3.63) is 59.3 Å². The maximum atomic E-state index is 5.68. The summed E-state index contributed by atoms with van der Waals surface area (Å²) in [6.07, 6.45) is 3.44. The molecular weight excluding hydrogens is 236 g/mol. The highest BCUT2D eigenvalue weighted by atomic mass is 15.2. The molecule has 0 saturated heterocycles. The minimum Gasteiger partial charge on any atom is -0.384 e. The Balaban J connectivity index is 2.02. The van der Waals surface area contributed by atoms with E-state index in [1.54, 1.807) is 6.20 Å². The van der Waals surface area contributed by atoms with E-state index in [4.69, 9.17) is 11.6 Å². The summed E-state index contributed by atoms with van der Waals surface area (Å²) in [5.41, 5.74) is 12.2. The van der Waals surface area contributed by atoms with Crippen LogP contribution in [0.5, 0.6) is 0 Å². The van der Waals surface area contributed by atoms with Crippen LogP contribution in [0, 0.1) is 6.92 Å². The molecule has 0 saturated carbocycles. The van der Waals surface area contributed by atoms with Crippen LogP contribution in [0.25, 0.3) is 0 Å². The van der Waals surface area contributed by atoms with Gasteiger partial charge in [0.05, 0.1) is 0 Å². The van der Waals surface area contributed by atoms with Gasteiger partial charge in [0, 0.05) is 12.2 Å². The van der Waals surface area contributed by atoms with Crippen LogP contribution in [0.15, 0.2) is 42.6 Å². The maximum Gasteiger partial charge on any atom is 0.123 e. The molecule has 1 unspecified atom stereocenters. The van der Waals surface area contributed by atoms with Crippen LogP contribution in [0.4, 0.5) is 5.82 Å². The SMILES string of the molecule is Cc1ccc(CC(Cc2ccnc(N)c2)NN)cc1. The highest BCUT2D eigenvalue weighted by molar-refractivity contribution is 5.32. The van der Waals surface area contributed by atoms with E-state index in [9.17, 15) is 0 Å². The summed E-state index contributed by atoms with van der Waals surface area (Å²) < 4.78 is 0. The number of nitrogens with two attached hydrogens (primary N) is 2. The highest BCUT2D eigenvalue weighted by Crippen LogP contribution is 2.11. The molecule has 1 heterocycles. The Bertz CT molecular complexity index is 522. The molecule has 0 fully saturated rings. The second-order valence-electron chi connectivity index (χ2n) is 4.85. The molecule has 5 N–H and O–H groups in total. The topological polar surface area (TPSA) is 77.0 Å². The third kappa shape index (κ3) is 4.05. The monoisotopic (exact) mass is 256 g/mol. The fourth-order valence-electron chi connectivity index (χ4n) is 2.10. The third-order valence-corrected chi connectivity index (χ3v) is 3.17. The van der Waals surface area contributed by atoms with Crippen molar-refractivity contribution in [2.45, 2.75) is 25.8 Å². The lowest BCUT2D eigenvalue weighted by Gasteiger charge is -2.16. The van der Waals surface area contributed by atoms with Crippen LogP contribution in [-0.2, 0) is 12.8 Å². The molecule has 0 aliphatic carbocycles. The number of hydrazine groups is 1. The lowest BCUT2D eigenvalue weighted by molar-refractivity contribution is 0.522. The van der Waals surface area contributed by atoms with Gasteiger partial charge < -0.3 is 5.73 Å². The normalized spacial score (nSPS) is 12.3. The molecule has 1 aromatic heterocycles. The fourth-order valence-corrected chi connectivity index (χ4v) is 2.10. The van der Waals surface area contributed by atoms with E-state index in [1.165, 1.54) is 11.1 Å². The summed E-state index contributed by atoms with van der Waals surface area (Å²) in [6.45, 7) is 2.09. The first-order valence-corrected chi connectivity index (χ1v) is 6.39. The molecule has 2 rings (SSSR count). The third-order valence-electron chi connectivity index (χ3n) is 3.17. The minimum absolute atomic E-state index is 0.185. The lowest BCUT2D eigenvalue weighted by atomic mass is 9.99. The van der Waals surface area contributed by atoms with Crippen molar-refractivity contribution < 1.29 is 0 Å². The molecule has 2 aromatic rings. The maximum absolute atomic E-state index is 5.68. The molecule has 1 aromatic carbocycles. The Kier molecular flexibility index (Phi) is 4.49. The number of aromatic nitrogens is 1. The molecule has 0 aliphatic rings. The summed E-state index contributed by atoms with van der Waals surface area (Å²) >= 11 is 0. The van der Waals surface area contributed by atoms with E-state index in [0.29, 0.717) is 5.82 Å². The van der Waals surface area contributed by atoms with Gasteiger partial charge in [-0.05, 0) is 43.0 Å². The average Bonchev–Trinajstić information content (AvgIpc) is 2.40. The number of nitrogens with one attached hydrogen (secondary N) is 1. The molecule has 1 atom stereocenters. The Morgan fingerprint density at radius 3 is 2.42 bits per heavy atom. The number of pyridine rings is 1. The van der Waals surface area contributed by atoms with Crippen molar-refractivity contribution >= 4 is 5.82 Å². The summed E-state index contributed by atoms with van der Waals surface area (Å²) in [5, 5.41) is 0. The fraction of sp³-hybridized carbons (Fsp3) is 0.267. The van der Waals surface area contributed by atoms with E-state index in [1.807, 2.05) is 12.1 Å². The van der Waals surface area contributed by atoms with Crippen molar-refractivity contribution in [2.75, 3.05) is 5.73 Å². The van der Waals surface area contributed by atoms with Crippen molar-refractivity contribution in [1.29, 1.82) is 0 Å². The first-order valence-electron chi connectivity index (χ1n) is 6.39. The number of hydrogen-bond acceptors (Lipinski definition) is 4. The molecule has 0 radical (unpaired) electrons. The Morgan fingerprint density at radius 1 is 1.11 bits per heavy atom. The first-order chi connectivity index (χ1) is 9.17. The van der Waals surface area contributed by atoms with Crippen LogP contribution in [0.1, 0.15) is 16.7 Å². The van der Waals surface area contributed by atoms with Crippen LogP contribution in [0.2, 0.25) is 0 Å². The molecule has 4 heteroatoms. The van der Waals surface area contributed by atoms with Gasteiger partial charge in [-0.25, -0.2) is 4.98 Å². The van der Waals surface area contributed by atoms with Gasteiger partial charge in [0.25, 0.3) is 0 Å². The largest absolute Gasteiger partial charge is 0.384 e. The molecule has 0 amide bonds. The predicted molar refractivity (Wildman–Crippen MR) is 78.3 cm³/mol. The van der Waals surface area contributed by atoms with E-state index in [0.717, 1.165) is 18.4 Å². The average molecular weight is 256 g/mol. The van der Waals surface area contributed by atoms with Crippen molar-refractivity contribution in [3.8, 4) is 0 Å². The number of rotatable bonds is 5. The predicted octanol–water partition coefficient (Wildman–Crippen LogP) is 1.59. The minimum atomic E-state index is 0.185. The van der Waals surface area contributed by atoms with E-state index in [-0.39, 0.29) is 6.04 Å². The molecule has 19 heavy (non-hydrogen) atoms. The summed E-state index contributed by atoms with van der Waals surface area (Å²) in [6, 6.07) is 12.6. The zero-order valence-electron chi connectivity index (χ0n) is 11.1. The quantitative estimate of drug-likeness (QED) is 0.561. The van der Waals surface area contributed by atoms with Gasteiger partial charge >= 0.3 is 0 Å². The number of nitrogen functional groups attached to an aromatic ring is 1. The number of nitrogens with zero attached hydrogens (tertiary/aromatic N) is 1. The van der Waals surface area contributed by atoms with Crippen molar-refractivity contribution in [2.24, 2.45) is 5.84 Å². The molecule has 4 nitrogen and oxygen atoms in total. The number of hydrogen-bond donors (Lipinski definition) is 3. The Morgan fingerprint density at radius 2 is 1.79 bits per heavy atom. The second-order valence-corrected chi connectivity index (χ2v) is 4.85. The second kappa shape index (κ2) is 6.31. The van der Waals surface area contributed by atoms with Gasteiger partial charge in [0.1, 0.15) is 5.82 Å². The van der Waals surface area contributed by atoms with Crippen molar-refractivity contribution in [1.82, 2.24) is 10.4 Å². The zero-order valence-corrected chi connectivity index (χ0v) is 11.1. The Labute approximate surface area is 113 Å². The molecule has 0 spiro atoms. The van der Waals surface area contributed by atoms with Gasteiger partial charge in [-0.1, -0.05) is 29.8 Å². The highest BCUT2D eigenvalue weighted by Gasteiger charge is 2.09. The van der Waals surface area contributed by atoms with Gasteiger partial charge in [-0.3, -0.25) is 11.3 Å². The van der Waals surface area contributed by atoms with Gasteiger partial charge in [-0.2, -0.15) is 0 Å². The number of benzene rings is 1. The van der Waals surface area contributed by atoms with Crippen LogP contribution < -0.4 is 17.0 Å². The molecular formula is C15H20N4. The first kappa shape index (κ1) is 13.5. The lowest BCUT2D eigenvalue weighted by Crippen LogP contribution is -2.38. The van der Waals surface area contributed by atoms with Crippen LogP contribution >= 0.6 is 0 Å². The van der Waals surface area contributed by atoms with Crippen molar-refractivity contribution in [3.63, 3.8) is 0 Å². The zero-order chi connectivity index (χ0) is 13.7.